The highest BCUT2D eigenvalue weighted by atomic mass is 127. The third-order valence-electron chi connectivity index (χ3n) is 1.93. The summed E-state index contributed by atoms with van der Waals surface area (Å²) in [4.78, 5) is 21.8. The van der Waals surface area contributed by atoms with Crippen LogP contribution in [0.1, 0.15) is 5.69 Å². The molecule has 0 saturated heterocycles. The first-order valence-corrected chi connectivity index (χ1v) is 5.59. The van der Waals surface area contributed by atoms with E-state index in [-0.39, 0.29) is 5.56 Å². The number of ether oxygens (including phenoxy) is 1. The van der Waals surface area contributed by atoms with E-state index in [4.69, 9.17) is 4.74 Å². The van der Waals surface area contributed by atoms with Gasteiger partial charge in [0.2, 0.25) is 5.88 Å². The summed E-state index contributed by atoms with van der Waals surface area (Å²) in [5.74, 6) is 0.888. The summed E-state index contributed by atoms with van der Waals surface area (Å²) in [6, 6.07) is 3.55. The molecule has 0 aliphatic heterocycles. The Bertz CT molecular complexity index is 568. The van der Waals surface area contributed by atoms with Crippen molar-refractivity contribution in [1.82, 2.24) is 15.0 Å². The summed E-state index contributed by atoms with van der Waals surface area (Å²) in [5, 5.41) is 0. The van der Waals surface area contributed by atoms with Crippen molar-refractivity contribution in [3.8, 4) is 11.6 Å². The Labute approximate surface area is 105 Å². The quantitative estimate of drug-likeness (QED) is 0.854. The van der Waals surface area contributed by atoms with Crippen molar-refractivity contribution in [2.75, 3.05) is 0 Å². The van der Waals surface area contributed by atoms with Crippen LogP contribution in [0.2, 0.25) is 0 Å². The lowest BCUT2D eigenvalue weighted by Gasteiger charge is -2.06. The molecule has 0 bridgehead atoms. The molecule has 0 amide bonds. The van der Waals surface area contributed by atoms with E-state index in [1.165, 1.54) is 6.33 Å². The predicted octanol–water partition coefficient (Wildman–Crippen LogP) is 1.87. The lowest BCUT2D eigenvalue weighted by Crippen LogP contribution is -2.11. The fourth-order valence-electron chi connectivity index (χ4n) is 1.12. The molecule has 16 heavy (non-hydrogen) atoms. The van der Waals surface area contributed by atoms with Gasteiger partial charge in [-0.1, -0.05) is 0 Å². The van der Waals surface area contributed by atoms with Gasteiger partial charge < -0.3 is 9.72 Å². The zero-order valence-electron chi connectivity index (χ0n) is 8.40. The van der Waals surface area contributed by atoms with Crippen LogP contribution in [-0.2, 0) is 0 Å². The Kier molecular flexibility index (Phi) is 3.18. The van der Waals surface area contributed by atoms with Crippen molar-refractivity contribution in [2.45, 2.75) is 6.92 Å². The minimum atomic E-state index is -0.216. The van der Waals surface area contributed by atoms with Crippen LogP contribution in [0.5, 0.6) is 11.6 Å². The van der Waals surface area contributed by atoms with Gasteiger partial charge in [0.05, 0.1) is 12.0 Å². The van der Waals surface area contributed by atoms with E-state index in [0.717, 1.165) is 5.69 Å². The molecule has 0 atom stereocenters. The van der Waals surface area contributed by atoms with E-state index >= 15 is 0 Å². The standard InChI is InChI=1S/C10H8IN3O2/c1-6-7(3-2-4-12-6)16-10-8(11)9(15)13-5-14-10/h2-5H,1H3,(H,13,14,15). The molecule has 6 heteroatoms. The second-order valence-electron chi connectivity index (χ2n) is 3.04. The zero-order valence-corrected chi connectivity index (χ0v) is 10.6. The summed E-state index contributed by atoms with van der Waals surface area (Å²) < 4.78 is 5.94. The molecule has 0 saturated carbocycles. The van der Waals surface area contributed by atoms with E-state index in [0.29, 0.717) is 15.2 Å². The van der Waals surface area contributed by atoms with E-state index in [1.807, 2.05) is 29.5 Å². The number of aromatic amines is 1. The third-order valence-corrected chi connectivity index (χ3v) is 2.88. The maximum Gasteiger partial charge on any atom is 0.268 e. The van der Waals surface area contributed by atoms with Crippen LogP contribution in [0.15, 0.2) is 29.5 Å². The van der Waals surface area contributed by atoms with Crippen molar-refractivity contribution in [3.63, 3.8) is 0 Å². The summed E-state index contributed by atoms with van der Waals surface area (Å²) in [7, 11) is 0. The summed E-state index contributed by atoms with van der Waals surface area (Å²) in [6.07, 6.45) is 2.99. The van der Waals surface area contributed by atoms with Crippen molar-refractivity contribution in [3.05, 3.63) is 44.3 Å². The molecule has 2 rings (SSSR count). The SMILES string of the molecule is Cc1ncccc1Oc1nc[nH]c(=O)c1I. The molecule has 0 aliphatic rings. The molecular weight excluding hydrogens is 321 g/mol. The van der Waals surface area contributed by atoms with Crippen LogP contribution in [-0.4, -0.2) is 15.0 Å². The minimum absolute atomic E-state index is 0.216. The number of aromatic nitrogens is 3. The molecule has 2 aromatic heterocycles. The number of nitrogens with one attached hydrogen (secondary N) is 1. The van der Waals surface area contributed by atoms with Crippen LogP contribution < -0.4 is 10.3 Å². The van der Waals surface area contributed by atoms with Crippen LogP contribution in [0.4, 0.5) is 0 Å². The number of nitrogens with zero attached hydrogens (tertiary/aromatic N) is 2. The highest BCUT2D eigenvalue weighted by molar-refractivity contribution is 14.1. The maximum absolute atomic E-state index is 11.3. The first kappa shape index (κ1) is 11.1. The summed E-state index contributed by atoms with van der Waals surface area (Å²) in [6.45, 7) is 1.83. The van der Waals surface area contributed by atoms with Gasteiger partial charge >= 0.3 is 0 Å². The molecule has 82 valence electrons. The molecule has 0 fully saturated rings. The topological polar surface area (TPSA) is 67.9 Å². The fourth-order valence-corrected chi connectivity index (χ4v) is 1.52. The van der Waals surface area contributed by atoms with Gasteiger partial charge in [0.25, 0.3) is 5.56 Å². The Morgan fingerprint density at radius 1 is 1.44 bits per heavy atom. The van der Waals surface area contributed by atoms with Crippen molar-refractivity contribution in [2.24, 2.45) is 0 Å². The summed E-state index contributed by atoms with van der Waals surface area (Å²) >= 11 is 1.89. The number of hydrogen-bond donors (Lipinski definition) is 1. The highest BCUT2D eigenvalue weighted by Crippen LogP contribution is 2.23. The van der Waals surface area contributed by atoms with Gasteiger partial charge in [0, 0.05) is 6.20 Å². The van der Waals surface area contributed by atoms with Crippen LogP contribution in [0.3, 0.4) is 0 Å². The van der Waals surface area contributed by atoms with Crippen LogP contribution in [0.25, 0.3) is 0 Å². The molecule has 2 aromatic rings. The zero-order chi connectivity index (χ0) is 11.5. The molecule has 2 heterocycles. The van der Waals surface area contributed by atoms with Gasteiger partial charge in [-0.3, -0.25) is 9.78 Å². The normalized spacial score (nSPS) is 10.1. The Morgan fingerprint density at radius 2 is 2.25 bits per heavy atom. The molecule has 0 aromatic carbocycles. The van der Waals surface area contributed by atoms with Crippen molar-refractivity contribution < 1.29 is 4.74 Å². The van der Waals surface area contributed by atoms with Gasteiger partial charge in [0.1, 0.15) is 3.57 Å². The van der Waals surface area contributed by atoms with Crippen LogP contribution in [0, 0.1) is 10.5 Å². The Morgan fingerprint density at radius 3 is 3.00 bits per heavy atom. The number of aryl methyl sites for hydroxylation is 1. The Hall–Kier alpha value is -1.44. The molecule has 1 N–H and O–H groups in total. The minimum Gasteiger partial charge on any atom is -0.436 e. The fraction of sp³-hybridized carbons (Fsp3) is 0.100. The summed E-state index contributed by atoms with van der Waals surface area (Å²) in [5.41, 5.74) is 0.535. The largest absolute Gasteiger partial charge is 0.436 e. The lowest BCUT2D eigenvalue weighted by atomic mass is 10.3. The van der Waals surface area contributed by atoms with E-state index in [1.54, 1.807) is 18.3 Å². The molecular formula is C10H8IN3O2. The van der Waals surface area contributed by atoms with Gasteiger partial charge in [0.15, 0.2) is 5.75 Å². The van der Waals surface area contributed by atoms with Crippen LogP contribution >= 0.6 is 22.6 Å². The van der Waals surface area contributed by atoms with Crippen molar-refractivity contribution >= 4 is 22.6 Å². The molecule has 5 nitrogen and oxygen atoms in total. The van der Waals surface area contributed by atoms with E-state index in [2.05, 4.69) is 15.0 Å². The van der Waals surface area contributed by atoms with Gasteiger partial charge in [-0.2, -0.15) is 0 Å². The second-order valence-corrected chi connectivity index (χ2v) is 4.12. The smallest absolute Gasteiger partial charge is 0.268 e. The average Bonchev–Trinajstić information content (AvgIpc) is 2.28. The lowest BCUT2D eigenvalue weighted by molar-refractivity contribution is 0.450. The third kappa shape index (κ3) is 2.21. The van der Waals surface area contributed by atoms with E-state index < -0.39 is 0 Å². The predicted molar refractivity (Wildman–Crippen MR) is 66.6 cm³/mol. The highest BCUT2D eigenvalue weighted by Gasteiger charge is 2.09. The van der Waals surface area contributed by atoms with Crippen molar-refractivity contribution in [1.29, 1.82) is 0 Å². The average molecular weight is 329 g/mol. The number of pyridine rings is 1. The molecule has 0 unspecified atom stereocenters. The number of hydrogen-bond acceptors (Lipinski definition) is 4. The maximum atomic E-state index is 11.3. The number of H-pyrrole nitrogens is 1. The first-order chi connectivity index (χ1) is 7.68. The molecule has 0 aliphatic carbocycles. The van der Waals surface area contributed by atoms with E-state index in [9.17, 15) is 4.79 Å². The van der Waals surface area contributed by atoms with Gasteiger partial charge in [-0.15, -0.1) is 0 Å². The first-order valence-electron chi connectivity index (χ1n) is 4.51. The Balaban J connectivity index is 2.38. The molecule has 0 radical (unpaired) electrons. The van der Waals surface area contributed by atoms with Gasteiger partial charge in [-0.25, -0.2) is 4.98 Å². The van der Waals surface area contributed by atoms with Gasteiger partial charge in [-0.05, 0) is 41.6 Å². The molecule has 0 spiro atoms. The number of halogens is 1. The monoisotopic (exact) mass is 329 g/mol. The second kappa shape index (κ2) is 4.60. The number of rotatable bonds is 2.